The van der Waals surface area contributed by atoms with Gasteiger partial charge in [-0.05, 0) is 42.8 Å². The number of nitrogens with zero attached hydrogens (tertiary/aromatic N) is 1. The normalized spacial score (nSPS) is 20.3. The van der Waals surface area contributed by atoms with E-state index in [1.165, 1.54) is 12.1 Å². The Morgan fingerprint density at radius 3 is 2.58 bits per heavy atom. The van der Waals surface area contributed by atoms with Gasteiger partial charge in [0.25, 0.3) is 5.91 Å². The van der Waals surface area contributed by atoms with Gasteiger partial charge in [-0.15, -0.1) is 12.4 Å². The van der Waals surface area contributed by atoms with E-state index in [1.54, 1.807) is 41.3 Å². The van der Waals surface area contributed by atoms with Gasteiger partial charge >= 0.3 is 0 Å². The molecular formula is C18H20ClFN2O2. The molecule has 24 heavy (non-hydrogen) atoms. The Balaban J connectivity index is 0.00000208. The van der Waals surface area contributed by atoms with Crippen LogP contribution in [0.25, 0.3) is 0 Å². The van der Waals surface area contributed by atoms with Gasteiger partial charge in [0.15, 0.2) is 0 Å². The Kier molecular flexibility index (Phi) is 5.80. The van der Waals surface area contributed by atoms with Crippen LogP contribution in [0.2, 0.25) is 0 Å². The number of ether oxygens (including phenoxy) is 1. The van der Waals surface area contributed by atoms with Crippen molar-refractivity contribution in [2.45, 2.75) is 19.1 Å². The zero-order chi connectivity index (χ0) is 16.4. The maximum absolute atomic E-state index is 13.1. The van der Waals surface area contributed by atoms with Gasteiger partial charge in [-0.3, -0.25) is 4.79 Å². The fraction of sp³-hybridized carbons (Fsp3) is 0.278. The summed E-state index contributed by atoms with van der Waals surface area (Å²) in [6, 6.07) is 13.2. The highest BCUT2D eigenvalue weighted by molar-refractivity contribution is 5.95. The summed E-state index contributed by atoms with van der Waals surface area (Å²) in [4.78, 5) is 14.4. The first kappa shape index (κ1) is 18.2. The monoisotopic (exact) mass is 350 g/mol. The van der Waals surface area contributed by atoms with Crippen LogP contribution in [0.5, 0.6) is 0 Å². The van der Waals surface area contributed by atoms with Gasteiger partial charge in [0.1, 0.15) is 11.9 Å². The summed E-state index contributed by atoms with van der Waals surface area (Å²) in [5.74, 6) is -0.357. The second-order valence-electron chi connectivity index (χ2n) is 5.82. The first-order chi connectivity index (χ1) is 11.0. The topological polar surface area (TPSA) is 55.6 Å². The van der Waals surface area contributed by atoms with Crippen LogP contribution in [0.15, 0.2) is 48.5 Å². The van der Waals surface area contributed by atoms with E-state index in [2.05, 4.69) is 0 Å². The van der Waals surface area contributed by atoms with Crippen molar-refractivity contribution in [2.24, 2.45) is 0 Å². The number of hydrogen-bond donors (Lipinski definition) is 1. The Morgan fingerprint density at radius 1 is 1.21 bits per heavy atom. The maximum Gasteiger partial charge on any atom is 0.254 e. The predicted octanol–water partition coefficient (Wildman–Crippen LogP) is 3.43. The highest BCUT2D eigenvalue weighted by Crippen LogP contribution is 2.26. The lowest BCUT2D eigenvalue weighted by Crippen LogP contribution is -2.46. The quantitative estimate of drug-likeness (QED) is 0.844. The molecule has 2 atom stereocenters. The second kappa shape index (κ2) is 7.64. The minimum absolute atomic E-state index is 0. The second-order valence-corrected chi connectivity index (χ2v) is 5.82. The summed E-state index contributed by atoms with van der Waals surface area (Å²) >= 11 is 0. The maximum atomic E-state index is 13.1. The molecule has 4 nitrogen and oxygen atoms in total. The van der Waals surface area contributed by atoms with Crippen LogP contribution in [-0.4, -0.2) is 30.0 Å². The van der Waals surface area contributed by atoms with Gasteiger partial charge in [-0.25, -0.2) is 4.39 Å². The Hall–Kier alpha value is -2.11. The van der Waals surface area contributed by atoms with Crippen LogP contribution in [0, 0.1) is 5.82 Å². The summed E-state index contributed by atoms with van der Waals surface area (Å²) in [6.45, 7) is 2.88. The summed E-state index contributed by atoms with van der Waals surface area (Å²) in [5.41, 5.74) is 7.75. The number of amides is 1. The molecular weight excluding hydrogens is 331 g/mol. The first-order valence-electron chi connectivity index (χ1n) is 7.58. The van der Waals surface area contributed by atoms with E-state index in [-0.39, 0.29) is 36.3 Å². The largest absolute Gasteiger partial charge is 0.399 e. The number of benzene rings is 2. The van der Waals surface area contributed by atoms with Crippen molar-refractivity contribution in [3.63, 3.8) is 0 Å². The lowest BCUT2D eigenvalue weighted by atomic mass is 10.1. The van der Waals surface area contributed by atoms with Gasteiger partial charge < -0.3 is 15.4 Å². The van der Waals surface area contributed by atoms with Gasteiger partial charge in [-0.1, -0.05) is 18.2 Å². The van der Waals surface area contributed by atoms with Gasteiger partial charge in [0.05, 0.1) is 12.6 Å². The minimum Gasteiger partial charge on any atom is -0.399 e. The number of morpholine rings is 1. The highest BCUT2D eigenvalue weighted by atomic mass is 35.5. The average molecular weight is 351 g/mol. The fourth-order valence-corrected chi connectivity index (χ4v) is 2.83. The number of anilines is 1. The summed E-state index contributed by atoms with van der Waals surface area (Å²) in [5, 5.41) is 0. The standard InChI is InChI=1S/C18H19FN2O2.ClH/c1-12-10-21(18(22)14-3-2-4-16(20)9-14)11-17(23-12)13-5-7-15(19)8-6-13;/h2-9,12,17H,10-11,20H2,1H3;1H. The number of nitrogens with two attached hydrogens (primary N) is 1. The molecule has 2 N–H and O–H groups in total. The molecule has 0 radical (unpaired) electrons. The lowest BCUT2D eigenvalue weighted by molar-refractivity contribution is -0.0691. The summed E-state index contributed by atoms with van der Waals surface area (Å²) in [6.07, 6.45) is -0.354. The molecule has 2 unspecified atom stereocenters. The molecule has 6 heteroatoms. The zero-order valence-corrected chi connectivity index (χ0v) is 14.1. The number of carbonyl (C=O) groups excluding carboxylic acids is 1. The van der Waals surface area contributed by atoms with Crippen molar-refractivity contribution >= 4 is 24.0 Å². The molecule has 0 saturated carbocycles. The van der Waals surface area contributed by atoms with Gasteiger partial charge in [-0.2, -0.15) is 0 Å². The van der Waals surface area contributed by atoms with E-state index < -0.39 is 0 Å². The molecule has 0 aliphatic carbocycles. The Morgan fingerprint density at radius 2 is 1.92 bits per heavy atom. The van der Waals surface area contributed by atoms with E-state index in [0.717, 1.165) is 5.56 Å². The van der Waals surface area contributed by atoms with Crippen LogP contribution < -0.4 is 5.73 Å². The molecule has 1 fully saturated rings. The van der Waals surface area contributed by atoms with Crippen LogP contribution in [-0.2, 0) is 4.74 Å². The smallest absolute Gasteiger partial charge is 0.254 e. The van der Waals surface area contributed by atoms with E-state index in [9.17, 15) is 9.18 Å². The molecule has 128 valence electrons. The molecule has 1 aliphatic rings. The van der Waals surface area contributed by atoms with Crippen molar-refractivity contribution in [1.29, 1.82) is 0 Å². The van der Waals surface area contributed by atoms with E-state index in [0.29, 0.717) is 24.3 Å². The average Bonchev–Trinajstić information content (AvgIpc) is 2.54. The van der Waals surface area contributed by atoms with Crippen molar-refractivity contribution < 1.29 is 13.9 Å². The third kappa shape index (κ3) is 4.04. The summed E-state index contributed by atoms with van der Waals surface area (Å²) < 4.78 is 19.0. The molecule has 1 saturated heterocycles. The third-order valence-corrected chi connectivity index (χ3v) is 3.92. The molecule has 0 spiro atoms. The van der Waals surface area contributed by atoms with Gasteiger partial charge in [0.2, 0.25) is 0 Å². The number of nitrogen functional groups attached to an aromatic ring is 1. The molecule has 2 aromatic rings. The van der Waals surface area contributed by atoms with Crippen LogP contribution in [0.3, 0.4) is 0 Å². The van der Waals surface area contributed by atoms with Crippen molar-refractivity contribution in [2.75, 3.05) is 18.8 Å². The van der Waals surface area contributed by atoms with E-state index in [4.69, 9.17) is 10.5 Å². The van der Waals surface area contributed by atoms with Crippen LogP contribution in [0.1, 0.15) is 28.9 Å². The summed E-state index contributed by atoms with van der Waals surface area (Å²) in [7, 11) is 0. The Bertz CT molecular complexity index is 708. The van der Waals surface area contributed by atoms with Crippen LogP contribution >= 0.6 is 12.4 Å². The van der Waals surface area contributed by atoms with Crippen molar-refractivity contribution in [1.82, 2.24) is 4.90 Å². The highest BCUT2D eigenvalue weighted by Gasteiger charge is 2.30. The molecule has 1 amide bonds. The van der Waals surface area contributed by atoms with E-state index in [1.807, 2.05) is 6.92 Å². The van der Waals surface area contributed by atoms with Crippen LogP contribution in [0.4, 0.5) is 10.1 Å². The molecule has 0 aromatic heterocycles. The van der Waals surface area contributed by atoms with Crippen molar-refractivity contribution in [3.05, 3.63) is 65.5 Å². The third-order valence-electron chi connectivity index (χ3n) is 3.92. The van der Waals surface area contributed by atoms with Gasteiger partial charge in [0, 0.05) is 17.8 Å². The van der Waals surface area contributed by atoms with E-state index >= 15 is 0 Å². The SMILES string of the molecule is CC1CN(C(=O)c2cccc(N)c2)CC(c2ccc(F)cc2)O1.Cl. The number of carbonyl (C=O) groups is 1. The fourth-order valence-electron chi connectivity index (χ4n) is 2.83. The number of halogens is 2. The lowest BCUT2D eigenvalue weighted by Gasteiger charge is -2.37. The molecule has 2 aromatic carbocycles. The first-order valence-corrected chi connectivity index (χ1v) is 7.58. The molecule has 1 heterocycles. The molecule has 3 rings (SSSR count). The molecule has 1 aliphatic heterocycles. The zero-order valence-electron chi connectivity index (χ0n) is 13.3. The minimum atomic E-state index is -0.287. The van der Waals surface area contributed by atoms with Crippen molar-refractivity contribution in [3.8, 4) is 0 Å². The number of rotatable bonds is 2. The Labute approximate surface area is 146 Å². The predicted molar refractivity (Wildman–Crippen MR) is 93.7 cm³/mol. The number of hydrogen-bond acceptors (Lipinski definition) is 3. The molecule has 0 bridgehead atoms.